The van der Waals surface area contributed by atoms with E-state index in [1.165, 1.54) is 17.8 Å². The molecule has 10 heteroatoms. The smallest absolute Gasteiger partial charge is 0.323 e. The molecule has 1 aliphatic heterocycles. The number of pyridine rings is 2. The number of piperidine rings is 1. The third kappa shape index (κ3) is 5.08. The number of carbonyl (C=O) groups is 1. The molecule has 3 aromatic heterocycles. The number of hydrogen-bond donors (Lipinski definition) is 2. The Bertz CT molecular complexity index is 1050. The first-order chi connectivity index (χ1) is 15.2. The lowest BCUT2D eigenvalue weighted by molar-refractivity contribution is 0.197. The summed E-state index contributed by atoms with van der Waals surface area (Å²) >= 11 is 1.50. The molecule has 9 nitrogen and oxygen atoms in total. The fraction of sp³-hybridized carbons (Fsp3) is 0.476. The number of likely N-dealkylation sites (tertiary alicyclic amines) is 1. The lowest BCUT2D eigenvalue weighted by Gasteiger charge is -2.27. The van der Waals surface area contributed by atoms with Gasteiger partial charge in [-0.3, -0.25) is 10.3 Å². The molecule has 31 heavy (non-hydrogen) atoms. The Morgan fingerprint density at radius 2 is 2.00 bits per heavy atom. The monoisotopic (exact) mass is 441 g/mol. The van der Waals surface area contributed by atoms with Crippen molar-refractivity contribution in [3.05, 3.63) is 23.5 Å². The Hall–Kier alpha value is -2.85. The molecule has 164 valence electrons. The average molecular weight is 442 g/mol. The molecule has 0 saturated carbocycles. The van der Waals surface area contributed by atoms with E-state index < -0.39 is 0 Å². The van der Waals surface area contributed by atoms with Crippen molar-refractivity contribution in [2.24, 2.45) is 0 Å². The molecule has 1 aliphatic rings. The second kappa shape index (κ2) is 9.97. The van der Waals surface area contributed by atoms with Crippen molar-refractivity contribution >= 4 is 39.6 Å². The lowest BCUT2D eigenvalue weighted by atomic mass is 10.1. The van der Waals surface area contributed by atoms with Crippen LogP contribution in [0.1, 0.15) is 30.7 Å². The first-order valence-electron chi connectivity index (χ1n) is 10.5. The van der Waals surface area contributed by atoms with Gasteiger partial charge in [0.1, 0.15) is 10.7 Å². The zero-order chi connectivity index (χ0) is 21.6. The summed E-state index contributed by atoms with van der Waals surface area (Å²) in [6, 6.07) is 1.87. The highest BCUT2D eigenvalue weighted by molar-refractivity contribution is 7.14. The number of amides is 2. The number of urea groups is 1. The predicted octanol–water partition coefficient (Wildman–Crippen LogP) is 3.92. The fourth-order valence-electron chi connectivity index (χ4n) is 3.61. The van der Waals surface area contributed by atoms with E-state index in [2.05, 4.69) is 30.8 Å². The van der Waals surface area contributed by atoms with Crippen molar-refractivity contribution in [3.8, 4) is 10.7 Å². The van der Waals surface area contributed by atoms with E-state index in [4.69, 9.17) is 4.74 Å². The summed E-state index contributed by atoms with van der Waals surface area (Å²) in [4.78, 5) is 23.7. The minimum absolute atomic E-state index is 0.111. The quantitative estimate of drug-likeness (QED) is 0.535. The summed E-state index contributed by atoms with van der Waals surface area (Å²) in [7, 11) is 1.69. The zero-order valence-electron chi connectivity index (χ0n) is 17.8. The van der Waals surface area contributed by atoms with Crippen LogP contribution in [0.15, 0.2) is 18.5 Å². The number of nitrogens with one attached hydrogen (secondary N) is 2. The van der Waals surface area contributed by atoms with E-state index in [0.29, 0.717) is 19.0 Å². The van der Waals surface area contributed by atoms with E-state index in [1.54, 1.807) is 19.5 Å². The largest absolute Gasteiger partial charge is 0.385 e. The Kier molecular flexibility index (Phi) is 6.88. The van der Waals surface area contributed by atoms with E-state index >= 15 is 0 Å². The van der Waals surface area contributed by atoms with Crippen LogP contribution in [0.25, 0.3) is 21.5 Å². The number of fused-ring (bicyclic) bond motifs is 1. The molecule has 1 saturated heterocycles. The van der Waals surface area contributed by atoms with Crippen molar-refractivity contribution in [3.63, 3.8) is 0 Å². The Balaban J connectivity index is 1.68. The summed E-state index contributed by atoms with van der Waals surface area (Å²) in [5.74, 6) is 0.520. The van der Waals surface area contributed by atoms with Crippen molar-refractivity contribution in [1.82, 2.24) is 25.1 Å². The number of nitrogens with zero attached hydrogens (tertiary/aromatic N) is 5. The molecular formula is C21H27N7O2S. The van der Waals surface area contributed by atoms with Gasteiger partial charge in [0.2, 0.25) is 0 Å². The third-order valence-electron chi connectivity index (χ3n) is 5.21. The van der Waals surface area contributed by atoms with Gasteiger partial charge in [-0.2, -0.15) is 0 Å². The van der Waals surface area contributed by atoms with Crippen LogP contribution in [0.2, 0.25) is 0 Å². The second-order valence-electron chi connectivity index (χ2n) is 7.52. The van der Waals surface area contributed by atoms with E-state index in [9.17, 15) is 4.79 Å². The standard InChI is InChI=1S/C21H27N7O2S/c1-14-26-27-20(31-14)17-11-16-15(12-23-17)13-24-19(18(16)22-7-6-10-30-2)25-21(29)28-8-4-3-5-9-28/h11-13,22H,3-10H2,1-2H3,(H,24,25,29). The maximum Gasteiger partial charge on any atom is 0.323 e. The van der Waals surface area contributed by atoms with Gasteiger partial charge < -0.3 is 15.0 Å². The molecule has 2 N–H and O–H groups in total. The van der Waals surface area contributed by atoms with E-state index in [0.717, 1.165) is 64.5 Å². The molecule has 0 aliphatic carbocycles. The van der Waals surface area contributed by atoms with Gasteiger partial charge in [0, 0.05) is 56.5 Å². The summed E-state index contributed by atoms with van der Waals surface area (Å²) in [5.41, 5.74) is 1.53. The van der Waals surface area contributed by atoms with Gasteiger partial charge in [-0.15, -0.1) is 10.2 Å². The van der Waals surface area contributed by atoms with Crippen molar-refractivity contribution in [1.29, 1.82) is 0 Å². The second-order valence-corrected chi connectivity index (χ2v) is 8.70. The molecule has 4 heterocycles. The summed E-state index contributed by atoms with van der Waals surface area (Å²) in [6.07, 6.45) is 7.60. The fourth-order valence-corrected chi connectivity index (χ4v) is 4.27. The number of hydrogen-bond acceptors (Lipinski definition) is 8. The molecule has 0 bridgehead atoms. The number of aromatic nitrogens is 4. The number of carbonyl (C=O) groups excluding carboxylic acids is 1. The highest BCUT2D eigenvalue weighted by atomic mass is 32.1. The van der Waals surface area contributed by atoms with Crippen molar-refractivity contribution < 1.29 is 9.53 Å². The predicted molar refractivity (Wildman–Crippen MR) is 123 cm³/mol. The van der Waals surface area contributed by atoms with Crippen LogP contribution < -0.4 is 10.6 Å². The lowest BCUT2D eigenvalue weighted by Crippen LogP contribution is -2.39. The van der Waals surface area contributed by atoms with Gasteiger partial charge in [0.05, 0.1) is 5.69 Å². The van der Waals surface area contributed by atoms with Crippen LogP contribution in [-0.4, -0.2) is 64.4 Å². The number of ether oxygens (including phenoxy) is 1. The number of rotatable bonds is 7. The summed E-state index contributed by atoms with van der Waals surface area (Å²) in [5, 5.41) is 18.2. The van der Waals surface area contributed by atoms with Gasteiger partial charge in [-0.05, 0) is 38.7 Å². The molecule has 0 aromatic carbocycles. The van der Waals surface area contributed by atoms with Gasteiger partial charge >= 0.3 is 6.03 Å². The molecule has 1 fully saturated rings. The molecule has 0 radical (unpaired) electrons. The molecule has 0 atom stereocenters. The van der Waals surface area contributed by atoms with Crippen LogP contribution in [0.4, 0.5) is 16.3 Å². The molecule has 0 spiro atoms. The van der Waals surface area contributed by atoms with Gasteiger partial charge in [0.25, 0.3) is 0 Å². The van der Waals surface area contributed by atoms with Crippen molar-refractivity contribution in [2.45, 2.75) is 32.6 Å². The van der Waals surface area contributed by atoms with Crippen LogP contribution in [-0.2, 0) is 4.74 Å². The highest BCUT2D eigenvalue weighted by Gasteiger charge is 2.20. The van der Waals surface area contributed by atoms with Gasteiger partial charge in [-0.1, -0.05) is 11.3 Å². The minimum atomic E-state index is -0.111. The Labute approximate surface area is 185 Å². The molecule has 0 unspecified atom stereocenters. The third-order valence-corrected chi connectivity index (χ3v) is 6.08. The Morgan fingerprint density at radius 1 is 1.19 bits per heavy atom. The number of aryl methyl sites for hydroxylation is 1. The number of anilines is 2. The maximum atomic E-state index is 12.8. The SMILES string of the molecule is COCCCNc1c(NC(=O)N2CCCCC2)ncc2cnc(-c3nnc(C)s3)cc12. The normalized spacial score (nSPS) is 14.1. The first kappa shape index (κ1) is 21.4. The van der Waals surface area contributed by atoms with Crippen LogP contribution >= 0.6 is 11.3 Å². The average Bonchev–Trinajstić information content (AvgIpc) is 3.24. The topological polar surface area (TPSA) is 105 Å². The van der Waals surface area contributed by atoms with E-state index in [1.807, 2.05) is 17.9 Å². The van der Waals surface area contributed by atoms with Crippen LogP contribution in [0.5, 0.6) is 0 Å². The summed E-state index contributed by atoms with van der Waals surface area (Å²) in [6.45, 7) is 4.82. The first-order valence-corrected chi connectivity index (χ1v) is 11.4. The molecule has 4 rings (SSSR count). The Morgan fingerprint density at radius 3 is 2.74 bits per heavy atom. The van der Waals surface area contributed by atoms with Crippen molar-refractivity contribution in [2.75, 3.05) is 44.0 Å². The summed E-state index contributed by atoms with van der Waals surface area (Å²) < 4.78 is 5.16. The number of methoxy groups -OCH3 is 1. The van der Waals surface area contributed by atoms with Gasteiger partial charge in [-0.25, -0.2) is 9.78 Å². The molecular weight excluding hydrogens is 414 g/mol. The van der Waals surface area contributed by atoms with Crippen LogP contribution in [0.3, 0.4) is 0 Å². The molecule has 2 amide bonds. The van der Waals surface area contributed by atoms with Gasteiger partial charge in [0.15, 0.2) is 10.8 Å². The van der Waals surface area contributed by atoms with E-state index in [-0.39, 0.29) is 6.03 Å². The van der Waals surface area contributed by atoms with Crippen LogP contribution in [0, 0.1) is 6.92 Å². The highest BCUT2D eigenvalue weighted by Crippen LogP contribution is 2.33. The molecule has 3 aromatic rings. The maximum absolute atomic E-state index is 12.8. The minimum Gasteiger partial charge on any atom is -0.385 e. The zero-order valence-corrected chi connectivity index (χ0v) is 18.7.